The Balaban J connectivity index is 3.08. The van der Waals surface area contributed by atoms with Crippen molar-refractivity contribution in [2.75, 3.05) is 21.3 Å². The van der Waals surface area contributed by atoms with E-state index in [0.717, 1.165) is 16.9 Å². The molecule has 0 spiro atoms. The summed E-state index contributed by atoms with van der Waals surface area (Å²) in [6, 6.07) is 1.84. The third-order valence-electron chi connectivity index (χ3n) is 2.97. The zero-order chi connectivity index (χ0) is 14.4. The summed E-state index contributed by atoms with van der Waals surface area (Å²) in [4.78, 5) is 10.6. The Labute approximate surface area is 113 Å². The summed E-state index contributed by atoms with van der Waals surface area (Å²) < 4.78 is 16.0. The predicted octanol–water partition coefficient (Wildman–Crippen LogP) is 2.43. The second-order valence-electron chi connectivity index (χ2n) is 4.18. The van der Waals surface area contributed by atoms with Crippen LogP contribution in [0.2, 0.25) is 0 Å². The Morgan fingerprint density at radius 2 is 1.79 bits per heavy atom. The van der Waals surface area contributed by atoms with E-state index < -0.39 is 5.97 Å². The van der Waals surface area contributed by atoms with E-state index in [1.165, 1.54) is 0 Å². The highest BCUT2D eigenvalue weighted by Crippen LogP contribution is 2.40. The summed E-state index contributed by atoms with van der Waals surface area (Å²) in [5, 5.41) is 8.68. The van der Waals surface area contributed by atoms with Gasteiger partial charge in [-0.2, -0.15) is 0 Å². The summed E-state index contributed by atoms with van der Waals surface area (Å²) in [7, 11) is 4.74. The summed E-state index contributed by atoms with van der Waals surface area (Å²) in [5.41, 5.74) is 1.79. The molecule has 1 N–H and O–H groups in total. The van der Waals surface area contributed by atoms with Crippen molar-refractivity contribution in [1.29, 1.82) is 0 Å². The zero-order valence-corrected chi connectivity index (χ0v) is 11.8. The molecule has 0 fully saturated rings. The molecular weight excluding hydrogens is 248 g/mol. The first-order chi connectivity index (χ1) is 9.04. The first-order valence-corrected chi connectivity index (χ1v) is 6.05. The zero-order valence-electron chi connectivity index (χ0n) is 11.8. The second-order valence-corrected chi connectivity index (χ2v) is 4.18. The molecule has 0 saturated carbocycles. The van der Waals surface area contributed by atoms with E-state index in [4.69, 9.17) is 19.3 Å². The lowest BCUT2D eigenvalue weighted by Crippen LogP contribution is -2.02. The lowest BCUT2D eigenvalue weighted by molar-refractivity contribution is -0.137. The average molecular weight is 268 g/mol. The normalized spacial score (nSPS) is 10.1. The minimum Gasteiger partial charge on any atom is -0.496 e. The number of hydrogen-bond donors (Lipinski definition) is 1. The second kappa shape index (κ2) is 6.87. The summed E-state index contributed by atoms with van der Waals surface area (Å²) in [6.07, 6.45) is 1.31. The number of hydrogen-bond acceptors (Lipinski definition) is 4. The fraction of sp³-hybridized carbons (Fsp3) is 0.500. The largest absolute Gasteiger partial charge is 0.496 e. The molecule has 0 saturated heterocycles. The molecule has 1 rings (SSSR count). The lowest BCUT2D eigenvalue weighted by atomic mass is 10.0. The molecule has 5 nitrogen and oxygen atoms in total. The molecule has 0 bridgehead atoms. The molecule has 0 aromatic heterocycles. The maximum atomic E-state index is 10.6. The van der Waals surface area contributed by atoms with Gasteiger partial charge in [0.25, 0.3) is 0 Å². The number of rotatable bonds is 7. The molecule has 106 valence electrons. The van der Waals surface area contributed by atoms with Gasteiger partial charge in [0.2, 0.25) is 0 Å². The van der Waals surface area contributed by atoms with Crippen LogP contribution in [0.15, 0.2) is 6.07 Å². The molecule has 1 aromatic carbocycles. The maximum absolute atomic E-state index is 10.6. The van der Waals surface area contributed by atoms with Crippen LogP contribution in [0.5, 0.6) is 17.2 Å². The Bertz CT molecular complexity index is 454. The van der Waals surface area contributed by atoms with Gasteiger partial charge in [0.05, 0.1) is 21.3 Å². The van der Waals surface area contributed by atoms with Crippen molar-refractivity contribution < 1.29 is 24.1 Å². The van der Waals surface area contributed by atoms with Gasteiger partial charge in [-0.05, 0) is 31.4 Å². The van der Waals surface area contributed by atoms with Gasteiger partial charge >= 0.3 is 5.97 Å². The van der Waals surface area contributed by atoms with E-state index in [1.807, 2.05) is 13.0 Å². The molecule has 0 atom stereocenters. The van der Waals surface area contributed by atoms with Crippen molar-refractivity contribution in [3.8, 4) is 17.2 Å². The van der Waals surface area contributed by atoms with E-state index in [9.17, 15) is 4.79 Å². The lowest BCUT2D eigenvalue weighted by Gasteiger charge is -2.17. The predicted molar refractivity (Wildman–Crippen MR) is 71.4 cm³/mol. The molecule has 0 aliphatic rings. The molecule has 19 heavy (non-hydrogen) atoms. The highest BCUT2D eigenvalue weighted by atomic mass is 16.5. The fourth-order valence-electron chi connectivity index (χ4n) is 2.12. The number of methoxy groups -OCH3 is 3. The third kappa shape index (κ3) is 3.53. The smallest absolute Gasteiger partial charge is 0.303 e. The van der Waals surface area contributed by atoms with E-state index in [2.05, 4.69) is 0 Å². The van der Waals surface area contributed by atoms with Gasteiger partial charge < -0.3 is 19.3 Å². The molecule has 0 aliphatic heterocycles. The fourth-order valence-corrected chi connectivity index (χ4v) is 2.12. The van der Waals surface area contributed by atoms with Gasteiger partial charge in [-0.25, -0.2) is 0 Å². The summed E-state index contributed by atoms with van der Waals surface area (Å²) in [5.74, 6) is 1.20. The SMILES string of the molecule is COc1cc(CCCC(=O)O)c(OC)c(C)c1OC. The molecule has 1 aromatic rings. The van der Waals surface area contributed by atoms with Crippen molar-refractivity contribution in [2.45, 2.75) is 26.2 Å². The minimum atomic E-state index is -0.795. The number of carbonyl (C=O) groups is 1. The molecule has 0 radical (unpaired) electrons. The highest BCUT2D eigenvalue weighted by molar-refractivity contribution is 5.66. The van der Waals surface area contributed by atoms with Crippen molar-refractivity contribution in [3.63, 3.8) is 0 Å². The first kappa shape index (κ1) is 15.1. The number of benzene rings is 1. The molecule has 0 amide bonds. The molecule has 0 aliphatic carbocycles. The minimum absolute atomic E-state index is 0.135. The van der Waals surface area contributed by atoms with Crippen LogP contribution in [0.4, 0.5) is 0 Å². The van der Waals surface area contributed by atoms with Crippen LogP contribution in [0.25, 0.3) is 0 Å². The summed E-state index contributed by atoms with van der Waals surface area (Å²) in [6.45, 7) is 1.89. The van der Waals surface area contributed by atoms with Gasteiger partial charge in [0.15, 0.2) is 11.5 Å². The Kier molecular flexibility index (Phi) is 5.48. The molecule has 5 heteroatoms. The third-order valence-corrected chi connectivity index (χ3v) is 2.97. The standard InChI is InChI=1S/C14H20O5/c1-9-13(18-3)10(6-5-7-12(15)16)8-11(17-2)14(9)19-4/h8H,5-7H2,1-4H3,(H,15,16). The molecule has 0 heterocycles. The van der Waals surface area contributed by atoms with Gasteiger partial charge in [0.1, 0.15) is 5.75 Å². The van der Waals surface area contributed by atoms with Gasteiger partial charge in [-0.1, -0.05) is 0 Å². The van der Waals surface area contributed by atoms with Crippen LogP contribution in [-0.4, -0.2) is 32.4 Å². The van der Waals surface area contributed by atoms with Crippen LogP contribution in [0, 0.1) is 6.92 Å². The Hall–Kier alpha value is -1.91. The topological polar surface area (TPSA) is 65.0 Å². The van der Waals surface area contributed by atoms with Gasteiger partial charge in [0, 0.05) is 12.0 Å². The van der Waals surface area contributed by atoms with Crippen molar-refractivity contribution in [1.82, 2.24) is 0 Å². The Morgan fingerprint density at radius 1 is 1.16 bits per heavy atom. The highest BCUT2D eigenvalue weighted by Gasteiger charge is 2.17. The number of aryl methyl sites for hydroxylation is 1. The molecular formula is C14H20O5. The van der Waals surface area contributed by atoms with Crippen LogP contribution in [0.3, 0.4) is 0 Å². The quantitative estimate of drug-likeness (QED) is 0.822. The van der Waals surface area contributed by atoms with Crippen LogP contribution in [-0.2, 0) is 11.2 Å². The van der Waals surface area contributed by atoms with E-state index >= 15 is 0 Å². The first-order valence-electron chi connectivity index (χ1n) is 6.05. The number of ether oxygens (including phenoxy) is 3. The number of aliphatic carboxylic acids is 1. The monoisotopic (exact) mass is 268 g/mol. The van der Waals surface area contributed by atoms with Crippen LogP contribution in [0.1, 0.15) is 24.0 Å². The molecule has 0 unspecified atom stereocenters. The van der Waals surface area contributed by atoms with Crippen molar-refractivity contribution in [3.05, 3.63) is 17.2 Å². The summed E-state index contributed by atoms with van der Waals surface area (Å²) >= 11 is 0. The number of carboxylic acids is 1. The van der Waals surface area contributed by atoms with Gasteiger partial charge in [-0.3, -0.25) is 4.79 Å². The van der Waals surface area contributed by atoms with Crippen molar-refractivity contribution in [2.24, 2.45) is 0 Å². The van der Waals surface area contributed by atoms with E-state index in [-0.39, 0.29) is 6.42 Å². The number of carboxylic acid groups (broad SMARTS) is 1. The van der Waals surface area contributed by atoms with E-state index in [0.29, 0.717) is 24.3 Å². The average Bonchev–Trinajstić information content (AvgIpc) is 2.37. The Morgan fingerprint density at radius 3 is 2.26 bits per heavy atom. The van der Waals surface area contributed by atoms with E-state index in [1.54, 1.807) is 21.3 Å². The van der Waals surface area contributed by atoms with Crippen LogP contribution >= 0.6 is 0 Å². The van der Waals surface area contributed by atoms with Gasteiger partial charge in [-0.15, -0.1) is 0 Å². The van der Waals surface area contributed by atoms with Crippen molar-refractivity contribution >= 4 is 5.97 Å². The van der Waals surface area contributed by atoms with Crippen LogP contribution < -0.4 is 14.2 Å². The maximum Gasteiger partial charge on any atom is 0.303 e.